The van der Waals surface area contributed by atoms with Crippen molar-refractivity contribution in [2.75, 3.05) is 20.3 Å². The molecule has 0 bridgehead atoms. The van der Waals surface area contributed by atoms with Gasteiger partial charge < -0.3 is 14.7 Å². The van der Waals surface area contributed by atoms with Crippen molar-refractivity contribution in [1.82, 2.24) is 4.98 Å². The number of hydrogen-bond donors (Lipinski definition) is 1. The Kier molecular flexibility index (Phi) is 4.43. The molecule has 0 saturated heterocycles. The van der Waals surface area contributed by atoms with Crippen LogP contribution in [0, 0.1) is 0 Å². The number of oxime groups is 1. The summed E-state index contributed by atoms with van der Waals surface area (Å²) in [6.07, 6.45) is 2.85. The number of aromatic nitrogens is 1. The zero-order chi connectivity index (χ0) is 10.2. The van der Waals surface area contributed by atoms with Crippen molar-refractivity contribution in [2.45, 2.75) is 0 Å². The summed E-state index contributed by atoms with van der Waals surface area (Å²) in [6.45, 7) is 0.998. The Morgan fingerprint density at radius 2 is 2.36 bits per heavy atom. The van der Waals surface area contributed by atoms with E-state index in [4.69, 9.17) is 14.7 Å². The first kappa shape index (κ1) is 10.5. The van der Waals surface area contributed by atoms with Gasteiger partial charge in [0.25, 0.3) is 0 Å². The molecule has 1 rings (SSSR count). The van der Waals surface area contributed by atoms with Gasteiger partial charge in [-0.3, -0.25) is 0 Å². The first-order valence-corrected chi connectivity index (χ1v) is 4.12. The van der Waals surface area contributed by atoms with Crippen molar-refractivity contribution in [3.63, 3.8) is 0 Å². The molecule has 0 aliphatic heterocycles. The molecule has 1 N–H and O–H groups in total. The Hall–Kier alpha value is -1.62. The van der Waals surface area contributed by atoms with Gasteiger partial charge >= 0.3 is 0 Å². The fraction of sp³-hybridized carbons (Fsp3) is 0.333. The minimum Gasteiger partial charge on any atom is -0.475 e. The lowest BCUT2D eigenvalue weighted by Crippen LogP contribution is -2.05. The van der Waals surface area contributed by atoms with Gasteiger partial charge in [-0.25, -0.2) is 4.98 Å². The second-order valence-electron chi connectivity index (χ2n) is 2.52. The van der Waals surface area contributed by atoms with Crippen LogP contribution < -0.4 is 4.74 Å². The molecular formula is C9H12N2O3. The first-order chi connectivity index (χ1) is 6.86. The Labute approximate surface area is 82.0 Å². The van der Waals surface area contributed by atoms with E-state index in [0.717, 1.165) is 0 Å². The Morgan fingerprint density at radius 3 is 2.93 bits per heavy atom. The van der Waals surface area contributed by atoms with Gasteiger partial charge in [-0.15, -0.1) is 0 Å². The topological polar surface area (TPSA) is 63.9 Å². The monoisotopic (exact) mass is 196 g/mol. The zero-order valence-electron chi connectivity index (χ0n) is 7.88. The van der Waals surface area contributed by atoms with Gasteiger partial charge in [0.15, 0.2) is 0 Å². The standard InChI is InChI=1S/C9H12N2O3/c1-13-4-5-14-9-3-2-8(6-10-9)7-11-12/h2-3,6-7,12H,4-5H2,1H3/b11-7+. The van der Waals surface area contributed by atoms with Crippen LogP contribution in [0.2, 0.25) is 0 Å². The maximum absolute atomic E-state index is 8.26. The molecule has 5 nitrogen and oxygen atoms in total. The van der Waals surface area contributed by atoms with Gasteiger partial charge in [0.1, 0.15) is 6.61 Å². The number of hydrogen-bond acceptors (Lipinski definition) is 5. The van der Waals surface area contributed by atoms with Crippen LogP contribution in [0.3, 0.4) is 0 Å². The first-order valence-electron chi connectivity index (χ1n) is 4.12. The van der Waals surface area contributed by atoms with E-state index in [2.05, 4.69) is 10.1 Å². The Balaban J connectivity index is 2.46. The highest BCUT2D eigenvalue weighted by Gasteiger charge is 1.94. The molecule has 0 aliphatic rings. The van der Waals surface area contributed by atoms with Crippen LogP contribution >= 0.6 is 0 Å². The third-order valence-corrected chi connectivity index (χ3v) is 1.50. The average Bonchev–Trinajstić information content (AvgIpc) is 2.21. The molecule has 0 radical (unpaired) electrons. The molecule has 0 unspecified atom stereocenters. The van der Waals surface area contributed by atoms with Gasteiger partial charge in [-0.2, -0.15) is 0 Å². The second-order valence-corrected chi connectivity index (χ2v) is 2.52. The molecule has 0 spiro atoms. The molecule has 0 fully saturated rings. The van der Waals surface area contributed by atoms with Crippen molar-refractivity contribution in [3.8, 4) is 5.88 Å². The fourth-order valence-corrected chi connectivity index (χ4v) is 0.850. The van der Waals surface area contributed by atoms with Crippen molar-refractivity contribution >= 4 is 6.21 Å². The highest BCUT2D eigenvalue weighted by atomic mass is 16.5. The Bertz CT molecular complexity index is 285. The van der Waals surface area contributed by atoms with Crippen LogP contribution in [-0.2, 0) is 4.74 Å². The summed E-state index contributed by atoms with van der Waals surface area (Å²) in [5.74, 6) is 0.525. The SMILES string of the molecule is COCCOc1ccc(/C=N/O)cn1. The minimum absolute atomic E-state index is 0.469. The van der Waals surface area contributed by atoms with Crippen molar-refractivity contribution in [1.29, 1.82) is 0 Å². The van der Waals surface area contributed by atoms with E-state index in [1.807, 2.05) is 0 Å². The van der Waals surface area contributed by atoms with Gasteiger partial charge in [0.2, 0.25) is 5.88 Å². The number of pyridine rings is 1. The second kappa shape index (κ2) is 5.93. The molecule has 0 amide bonds. The molecule has 14 heavy (non-hydrogen) atoms. The summed E-state index contributed by atoms with van der Waals surface area (Å²) in [7, 11) is 1.61. The maximum Gasteiger partial charge on any atom is 0.213 e. The van der Waals surface area contributed by atoms with Crippen LogP contribution in [0.15, 0.2) is 23.5 Å². The van der Waals surface area contributed by atoms with Gasteiger partial charge in [0, 0.05) is 24.9 Å². The van der Waals surface area contributed by atoms with E-state index < -0.39 is 0 Å². The summed E-state index contributed by atoms with van der Waals surface area (Å²) in [5.41, 5.74) is 0.714. The molecule has 0 aliphatic carbocycles. The third kappa shape index (κ3) is 3.40. The molecule has 1 aromatic heterocycles. The molecule has 5 heteroatoms. The lowest BCUT2D eigenvalue weighted by Gasteiger charge is -2.03. The van der Waals surface area contributed by atoms with Crippen LogP contribution in [-0.4, -0.2) is 36.7 Å². The highest BCUT2D eigenvalue weighted by Crippen LogP contribution is 2.05. The minimum atomic E-state index is 0.469. The van der Waals surface area contributed by atoms with Crippen molar-refractivity contribution in [3.05, 3.63) is 23.9 Å². The number of ether oxygens (including phenoxy) is 2. The van der Waals surface area contributed by atoms with Crippen LogP contribution in [0.5, 0.6) is 5.88 Å². The number of rotatable bonds is 5. The lowest BCUT2D eigenvalue weighted by atomic mass is 10.3. The number of methoxy groups -OCH3 is 1. The van der Waals surface area contributed by atoms with Gasteiger partial charge in [0.05, 0.1) is 12.8 Å². The third-order valence-electron chi connectivity index (χ3n) is 1.50. The summed E-state index contributed by atoms with van der Waals surface area (Å²) < 4.78 is 10.1. The van der Waals surface area contributed by atoms with E-state index in [9.17, 15) is 0 Å². The molecule has 0 aromatic carbocycles. The summed E-state index contributed by atoms with van der Waals surface area (Å²) in [4.78, 5) is 3.99. The molecule has 1 aromatic rings. The zero-order valence-corrected chi connectivity index (χ0v) is 7.88. The quantitative estimate of drug-likeness (QED) is 0.329. The normalized spacial score (nSPS) is 10.6. The number of nitrogens with zero attached hydrogens (tertiary/aromatic N) is 2. The Morgan fingerprint density at radius 1 is 1.50 bits per heavy atom. The van der Waals surface area contributed by atoms with Crippen LogP contribution in [0.4, 0.5) is 0 Å². The highest BCUT2D eigenvalue weighted by molar-refractivity contribution is 5.78. The predicted octanol–water partition coefficient (Wildman–Crippen LogP) is 0.915. The molecule has 76 valence electrons. The fourth-order valence-electron chi connectivity index (χ4n) is 0.850. The van der Waals surface area contributed by atoms with E-state index in [1.165, 1.54) is 6.21 Å². The van der Waals surface area contributed by atoms with E-state index in [1.54, 1.807) is 25.4 Å². The van der Waals surface area contributed by atoms with Crippen molar-refractivity contribution < 1.29 is 14.7 Å². The maximum atomic E-state index is 8.26. The molecule has 1 heterocycles. The van der Waals surface area contributed by atoms with E-state index in [-0.39, 0.29) is 0 Å². The van der Waals surface area contributed by atoms with E-state index in [0.29, 0.717) is 24.7 Å². The van der Waals surface area contributed by atoms with Crippen molar-refractivity contribution in [2.24, 2.45) is 5.16 Å². The molecular weight excluding hydrogens is 184 g/mol. The lowest BCUT2D eigenvalue weighted by molar-refractivity contribution is 0.144. The molecule has 0 atom stereocenters. The largest absolute Gasteiger partial charge is 0.475 e. The smallest absolute Gasteiger partial charge is 0.213 e. The van der Waals surface area contributed by atoms with Gasteiger partial charge in [-0.1, -0.05) is 5.16 Å². The summed E-state index contributed by atoms with van der Waals surface area (Å²) >= 11 is 0. The van der Waals surface area contributed by atoms with Gasteiger partial charge in [-0.05, 0) is 6.07 Å². The average molecular weight is 196 g/mol. The predicted molar refractivity (Wildman–Crippen MR) is 51.0 cm³/mol. The van der Waals surface area contributed by atoms with Crippen LogP contribution in [0.1, 0.15) is 5.56 Å². The summed E-state index contributed by atoms with van der Waals surface area (Å²) in [6, 6.07) is 3.45. The molecule has 0 saturated carbocycles. The van der Waals surface area contributed by atoms with Crippen LogP contribution in [0.25, 0.3) is 0 Å². The van der Waals surface area contributed by atoms with E-state index >= 15 is 0 Å². The summed E-state index contributed by atoms with van der Waals surface area (Å²) in [5, 5.41) is 11.1.